The van der Waals surface area contributed by atoms with E-state index in [-0.39, 0.29) is 17.1 Å². The van der Waals surface area contributed by atoms with E-state index in [0.717, 1.165) is 23.4 Å². The number of aromatic nitrogens is 1. The van der Waals surface area contributed by atoms with Gasteiger partial charge in [-0.15, -0.1) is 0 Å². The van der Waals surface area contributed by atoms with E-state index in [9.17, 15) is 13.2 Å². The summed E-state index contributed by atoms with van der Waals surface area (Å²) in [5.41, 5.74) is 3.40. The summed E-state index contributed by atoms with van der Waals surface area (Å²) < 4.78 is 23.7. The Morgan fingerprint density at radius 1 is 1.26 bits per heavy atom. The third-order valence-electron chi connectivity index (χ3n) is 4.87. The monoisotopic (exact) mass is 387 g/mol. The van der Waals surface area contributed by atoms with Crippen molar-refractivity contribution in [2.24, 2.45) is 0 Å². The molecule has 1 aliphatic rings. The van der Waals surface area contributed by atoms with Crippen LogP contribution in [0.25, 0.3) is 0 Å². The normalized spacial score (nSPS) is 15.8. The molecule has 0 atom stereocenters. The zero-order valence-corrected chi connectivity index (χ0v) is 16.7. The van der Waals surface area contributed by atoms with Gasteiger partial charge in [-0.05, 0) is 29.3 Å². The summed E-state index contributed by atoms with van der Waals surface area (Å²) in [5.74, 6) is -0.126. The summed E-state index contributed by atoms with van der Waals surface area (Å²) in [7, 11) is -3.21. The van der Waals surface area contributed by atoms with Gasteiger partial charge in [-0.1, -0.05) is 32.9 Å². The van der Waals surface area contributed by atoms with Crippen molar-refractivity contribution in [2.45, 2.75) is 44.2 Å². The van der Waals surface area contributed by atoms with Crippen LogP contribution in [0.1, 0.15) is 48.0 Å². The third-order valence-corrected chi connectivity index (χ3v) is 6.62. The van der Waals surface area contributed by atoms with Gasteiger partial charge in [-0.3, -0.25) is 9.78 Å². The highest BCUT2D eigenvalue weighted by molar-refractivity contribution is 7.91. The van der Waals surface area contributed by atoms with Gasteiger partial charge in [0.25, 0.3) is 5.91 Å². The molecule has 0 radical (unpaired) electrons. The number of carbonyl (C=O) groups excluding carboxylic acids is 1. The highest BCUT2D eigenvalue weighted by Crippen LogP contribution is 2.27. The van der Waals surface area contributed by atoms with Crippen molar-refractivity contribution in [1.29, 1.82) is 0 Å². The summed E-state index contributed by atoms with van der Waals surface area (Å²) in [6, 6.07) is 8.49. The number of nitrogens with zero attached hydrogens (tertiary/aromatic N) is 1. The molecule has 27 heavy (non-hydrogen) atoms. The Bertz CT molecular complexity index is 951. The van der Waals surface area contributed by atoms with Gasteiger partial charge in [-0.25, -0.2) is 8.42 Å². The SMILES string of the molecule is CCS(=O)(=O)c1ccc(CNC(=O)c2cnc3c(c2)CNCC3(C)C)cc1. The maximum Gasteiger partial charge on any atom is 0.253 e. The van der Waals surface area contributed by atoms with Crippen LogP contribution in [0.4, 0.5) is 0 Å². The molecule has 3 rings (SSSR count). The van der Waals surface area contributed by atoms with E-state index in [1.807, 2.05) is 6.07 Å². The second-order valence-corrected chi connectivity index (χ2v) is 9.73. The van der Waals surface area contributed by atoms with Crippen molar-refractivity contribution in [1.82, 2.24) is 15.6 Å². The highest BCUT2D eigenvalue weighted by Gasteiger charge is 2.29. The van der Waals surface area contributed by atoms with E-state index in [1.54, 1.807) is 37.4 Å². The Morgan fingerprint density at radius 3 is 2.63 bits per heavy atom. The Labute approximate surface area is 160 Å². The number of rotatable bonds is 5. The van der Waals surface area contributed by atoms with Gasteiger partial charge in [0.1, 0.15) is 0 Å². The topological polar surface area (TPSA) is 88.2 Å². The molecule has 0 saturated heterocycles. The first-order valence-corrected chi connectivity index (χ1v) is 10.7. The molecule has 6 nitrogen and oxygen atoms in total. The van der Waals surface area contributed by atoms with Crippen LogP contribution in [0.15, 0.2) is 41.4 Å². The van der Waals surface area contributed by atoms with Crippen LogP contribution in [-0.4, -0.2) is 31.6 Å². The summed E-state index contributed by atoms with van der Waals surface area (Å²) >= 11 is 0. The number of fused-ring (bicyclic) bond motifs is 1. The van der Waals surface area contributed by atoms with Crippen LogP contribution >= 0.6 is 0 Å². The fourth-order valence-electron chi connectivity index (χ4n) is 3.24. The number of amides is 1. The molecule has 2 N–H and O–H groups in total. The quantitative estimate of drug-likeness (QED) is 0.821. The standard InChI is InChI=1S/C20H25N3O3S/c1-4-27(25,26)17-7-5-14(6-8-17)10-23-19(24)16-9-15-11-21-13-20(2,3)18(15)22-12-16/h5-9,12,21H,4,10-11,13H2,1-3H3,(H,23,24). The van der Waals surface area contributed by atoms with Crippen molar-refractivity contribution < 1.29 is 13.2 Å². The largest absolute Gasteiger partial charge is 0.348 e. The molecule has 144 valence electrons. The van der Waals surface area contributed by atoms with E-state index >= 15 is 0 Å². The molecule has 0 fully saturated rings. The van der Waals surface area contributed by atoms with Crippen LogP contribution in [0, 0.1) is 0 Å². The predicted molar refractivity (Wildman–Crippen MR) is 104 cm³/mol. The second kappa shape index (κ2) is 7.40. The summed E-state index contributed by atoms with van der Waals surface area (Å²) in [6.07, 6.45) is 1.62. The Morgan fingerprint density at radius 2 is 1.96 bits per heavy atom. The maximum atomic E-state index is 12.5. The smallest absolute Gasteiger partial charge is 0.253 e. The van der Waals surface area contributed by atoms with Gasteiger partial charge in [0, 0.05) is 31.2 Å². The van der Waals surface area contributed by atoms with E-state index < -0.39 is 9.84 Å². The van der Waals surface area contributed by atoms with E-state index in [0.29, 0.717) is 23.5 Å². The first kappa shape index (κ1) is 19.5. The molecule has 1 aliphatic heterocycles. The van der Waals surface area contributed by atoms with E-state index in [1.165, 1.54) is 0 Å². The number of carbonyl (C=O) groups is 1. The van der Waals surface area contributed by atoms with Crippen molar-refractivity contribution in [3.05, 3.63) is 58.9 Å². The second-order valence-electron chi connectivity index (χ2n) is 7.45. The minimum atomic E-state index is -3.21. The molecule has 0 bridgehead atoms. The maximum absolute atomic E-state index is 12.5. The first-order chi connectivity index (χ1) is 12.7. The van der Waals surface area contributed by atoms with Gasteiger partial charge < -0.3 is 10.6 Å². The third kappa shape index (κ3) is 4.20. The predicted octanol–water partition coefficient (Wildman–Crippen LogP) is 2.19. The van der Waals surface area contributed by atoms with Crippen LogP contribution < -0.4 is 10.6 Å². The number of benzene rings is 1. The lowest BCUT2D eigenvalue weighted by molar-refractivity contribution is 0.0950. The first-order valence-electron chi connectivity index (χ1n) is 9.03. The zero-order chi connectivity index (χ0) is 19.7. The van der Waals surface area contributed by atoms with Crippen LogP contribution in [0.3, 0.4) is 0 Å². The van der Waals surface area contributed by atoms with Crippen molar-refractivity contribution in [3.8, 4) is 0 Å². The highest BCUT2D eigenvalue weighted by atomic mass is 32.2. The lowest BCUT2D eigenvalue weighted by atomic mass is 9.83. The Balaban J connectivity index is 1.68. The molecule has 1 amide bonds. The van der Waals surface area contributed by atoms with Gasteiger partial charge in [-0.2, -0.15) is 0 Å². The van der Waals surface area contributed by atoms with E-state index in [2.05, 4.69) is 29.5 Å². The minimum absolute atomic E-state index is 0.0524. The number of hydrogen-bond donors (Lipinski definition) is 2. The van der Waals surface area contributed by atoms with Crippen LogP contribution in [0.2, 0.25) is 0 Å². The summed E-state index contributed by atoms with van der Waals surface area (Å²) in [5, 5.41) is 6.22. The summed E-state index contributed by atoms with van der Waals surface area (Å²) in [6.45, 7) is 7.78. The Kier molecular flexibility index (Phi) is 5.35. The average Bonchev–Trinajstić information content (AvgIpc) is 2.66. The molecule has 1 aromatic carbocycles. The summed E-state index contributed by atoms with van der Waals surface area (Å²) in [4.78, 5) is 17.3. The molecule has 7 heteroatoms. The van der Waals surface area contributed by atoms with Crippen LogP contribution in [-0.2, 0) is 28.3 Å². The lowest BCUT2D eigenvalue weighted by Gasteiger charge is -2.31. The molecular weight excluding hydrogens is 362 g/mol. The number of nitrogens with one attached hydrogen (secondary N) is 2. The number of sulfone groups is 1. The van der Waals surface area contributed by atoms with Crippen molar-refractivity contribution in [3.63, 3.8) is 0 Å². The molecule has 0 unspecified atom stereocenters. The fraction of sp³-hybridized carbons (Fsp3) is 0.400. The number of pyridine rings is 1. The molecule has 0 aliphatic carbocycles. The van der Waals surface area contributed by atoms with Gasteiger partial charge >= 0.3 is 0 Å². The molecule has 2 heterocycles. The zero-order valence-electron chi connectivity index (χ0n) is 15.9. The van der Waals surface area contributed by atoms with E-state index in [4.69, 9.17) is 0 Å². The van der Waals surface area contributed by atoms with Crippen LogP contribution in [0.5, 0.6) is 0 Å². The Hall–Kier alpha value is -2.25. The number of hydrogen-bond acceptors (Lipinski definition) is 5. The molecule has 0 saturated carbocycles. The molecule has 0 spiro atoms. The van der Waals surface area contributed by atoms with Gasteiger partial charge in [0.2, 0.25) is 0 Å². The van der Waals surface area contributed by atoms with Crippen molar-refractivity contribution >= 4 is 15.7 Å². The lowest BCUT2D eigenvalue weighted by Crippen LogP contribution is -2.39. The molecular formula is C20H25N3O3S. The molecule has 2 aromatic rings. The molecule has 1 aromatic heterocycles. The fourth-order valence-corrected chi connectivity index (χ4v) is 4.12. The minimum Gasteiger partial charge on any atom is -0.348 e. The van der Waals surface area contributed by atoms with Crippen molar-refractivity contribution in [2.75, 3.05) is 12.3 Å². The van der Waals surface area contributed by atoms with Gasteiger partial charge in [0.15, 0.2) is 9.84 Å². The average molecular weight is 388 g/mol. The van der Waals surface area contributed by atoms with Gasteiger partial charge in [0.05, 0.1) is 21.9 Å².